The molecule has 0 aliphatic carbocycles. The normalized spacial score (nSPS) is 12.5. The van der Waals surface area contributed by atoms with Gasteiger partial charge in [0, 0.05) is 19.3 Å². The van der Waals surface area contributed by atoms with Crippen molar-refractivity contribution >= 4 is 17.9 Å². The lowest BCUT2D eigenvalue weighted by atomic mass is 10.00. The first kappa shape index (κ1) is 56.4. The number of esters is 3. The number of carbonyl (C=O) groups is 3. The van der Waals surface area contributed by atoms with Gasteiger partial charge in [0.15, 0.2) is 6.10 Å². The molecule has 0 aromatic carbocycles. The zero-order valence-corrected chi connectivity index (χ0v) is 39.7. The van der Waals surface area contributed by atoms with Crippen LogP contribution in [-0.4, -0.2) is 37.2 Å². The summed E-state index contributed by atoms with van der Waals surface area (Å²) in [6.45, 7) is 11.3. The van der Waals surface area contributed by atoms with Crippen molar-refractivity contribution in [1.82, 2.24) is 0 Å². The summed E-state index contributed by atoms with van der Waals surface area (Å²) in [4.78, 5) is 37.8. The van der Waals surface area contributed by atoms with Crippen LogP contribution < -0.4 is 0 Å². The fourth-order valence-corrected chi connectivity index (χ4v) is 7.78. The van der Waals surface area contributed by atoms with E-state index in [1.54, 1.807) is 0 Å². The molecule has 0 aromatic rings. The van der Waals surface area contributed by atoms with Crippen molar-refractivity contribution in [3.05, 3.63) is 0 Å². The van der Waals surface area contributed by atoms with E-state index in [0.29, 0.717) is 19.3 Å². The van der Waals surface area contributed by atoms with Crippen molar-refractivity contribution in [2.24, 2.45) is 11.8 Å². The summed E-state index contributed by atoms with van der Waals surface area (Å²) in [5.74, 6) is 0.818. The number of hydrogen-bond acceptors (Lipinski definition) is 6. The molecule has 0 aromatic heterocycles. The summed E-state index contributed by atoms with van der Waals surface area (Å²) in [6, 6.07) is 0. The van der Waals surface area contributed by atoms with Gasteiger partial charge in [0.1, 0.15) is 13.2 Å². The molecule has 0 saturated heterocycles. The molecular weight excluding hydrogens is 721 g/mol. The molecule has 0 spiro atoms. The molecule has 58 heavy (non-hydrogen) atoms. The first-order chi connectivity index (χ1) is 28.3. The van der Waals surface area contributed by atoms with Gasteiger partial charge >= 0.3 is 17.9 Å². The SMILES string of the molecule is CCCCCCCCCCCC(=O)OC[C@@H](COC(=O)CCCCCCCCC(C)CC)OC(=O)CCCCCCCCCCCCCCCCCCCCC(C)C. The molecule has 0 aliphatic rings. The Morgan fingerprint density at radius 3 is 0.983 bits per heavy atom. The van der Waals surface area contributed by atoms with E-state index in [2.05, 4.69) is 34.6 Å². The number of ether oxygens (including phenoxy) is 3. The maximum absolute atomic E-state index is 12.8. The lowest BCUT2D eigenvalue weighted by Gasteiger charge is -2.18. The van der Waals surface area contributed by atoms with Crippen LogP contribution in [-0.2, 0) is 28.6 Å². The maximum Gasteiger partial charge on any atom is 0.306 e. The molecular formula is C52H100O6. The van der Waals surface area contributed by atoms with Crippen LogP contribution in [0.15, 0.2) is 0 Å². The van der Waals surface area contributed by atoms with Gasteiger partial charge in [-0.25, -0.2) is 0 Å². The third kappa shape index (κ3) is 44.0. The fraction of sp³-hybridized carbons (Fsp3) is 0.942. The lowest BCUT2D eigenvalue weighted by Crippen LogP contribution is -2.30. The van der Waals surface area contributed by atoms with Crippen molar-refractivity contribution in [2.45, 2.75) is 291 Å². The Morgan fingerprint density at radius 2 is 0.655 bits per heavy atom. The molecule has 0 amide bonds. The second-order valence-corrected chi connectivity index (χ2v) is 18.5. The average Bonchev–Trinajstić information content (AvgIpc) is 3.21. The Morgan fingerprint density at radius 1 is 0.362 bits per heavy atom. The minimum atomic E-state index is -0.761. The minimum Gasteiger partial charge on any atom is -0.462 e. The maximum atomic E-state index is 12.8. The van der Waals surface area contributed by atoms with Gasteiger partial charge in [-0.2, -0.15) is 0 Å². The Labute approximate surface area is 361 Å². The standard InChI is InChI=1S/C52H100O6/c1-6-8-9-10-11-22-26-32-37-42-50(53)56-45-49(46-57-51(54)43-38-33-29-28-31-36-41-48(5)7-2)58-52(55)44-39-34-27-24-21-19-17-15-13-12-14-16-18-20-23-25-30-35-40-47(3)4/h47-49H,6-46H2,1-5H3/t48?,49-/m0/s1. The number of unbranched alkanes of at least 4 members (excludes halogenated alkanes) is 30. The van der Waals surface area contributed by atoms with Crippen LogP contribution in [0, 0.1) is 11.8 Å². The van der Waals surface area contributed by atoms with E-state index in [9.17, 15) is 14.4 Å². The Balaban J connectivity index is 4.19. The van der Waals surface area contributed by atoms with Crippen LogP contribution in [0.3, 0.4) is 0 Å². The van der Waals surface area contributed by atoms with E-state index in [4.69, 9.17) is 14.2 Å². The average molecular weight is 821 g/mol. The molecule has 0 aliphatic heterocycles. The molecule has 1 unspecified atom stereocenters. The summed E-state index contributed by atoms with van der Waals surface area (Å²) < 4.78 is 16.7. The van der Waals surface area contributed by atoms with Crippen LogP contribution in [0.25, 0.3) is 0 Å². The second kappa shape index (κ2) is 44.9. The van der Waals surface area contributed by atoms with E-state index < -0.39 is 6.10 Å². The topological polar surface area (TPSA) is 78.9 Å². The highest BCUT2D eigenvalue weighted by atomic mass is 16.6. The summed E-state index contributed by atoms with van der Waals surface area (Å²) in [6.07, 6.45) is 45.3. The minimum absolute atomic E-state index is 0.0648. The van der Waals surface area contributed by atoms with Crippen LogP contribution in [0.2, 0.25) is 0 Å². The predicted molar refractivity (Wildman–Crippen MR) is 247 cm³/mol. The number of rotatable bonds is 46. The van der Waals surface area contributed by atoms with E-state index >= 15 is 0 Å². The van der Waals surface area contributed by atoms with Gasteiger partial charge in [-0.1, -0.05) is 247 Å². The number of carbonyl (C=O) groups excluding carboxylic acids is 3. The molecule has 2 atom stereocenters. The van der Waals surface area contributed by atoms with Gasteiger partial charge in [0.05, 0.1) is 0 Å². The summed E-state index contributed by atoms with van der Waals surface area (Å²) in [5.41, 5.74) is 0. The zero-order valence-electron chi connectivity index (χ0n) is 39.7. The van der Waals surface area contributed by atoms with Gasteiger partial charge in [0.25, 0.3) is 0 Å². The summed E-state index contributed by atoms with van der Waals surface area (Å²) >= 11 is 0. The first-order valence-corrected chi connectivity index (χ1v) is 25.8. The van der Waals surface area contributed by atoms with Gasteiger partial charge in [-0.05, 0) is 31.1 Å². The molecule has 0 N–H and O–H groups in total. The quantitative estimate of drug-likeness (QED) is 0.0346. The molecule has 344 valence electrons. The Bertz CT molecular complexity index is 887. The predicted octanol–water partition coefficient (Wildman–Crippen LogP) is 16.5. The van der Waals surface area contributed by atoms with Crippen molar-refractivity contribution in [3.63, 3.8) is 0 Å². The lowest BCUT2D eigenvalue weighted by molar-refractivity contribution is -0.167. The molecule has 6 heteroatoms. The van der Waals surface area contributed by atoms with E-state index in [1.165, 1.54) is 173 Å². The second-order valence-electron chi connectivity index (χ2n) is 18.5. The molecule has 0 radical (unpaired) electrons. The Kier molecular flexibility index (Phi) is 43.7. The molecule has 0 fully saturated rings. The highest BCUT2D eigenvalue weighted by Crippen LogP contribution is 2.18. The monoisotopic (exact) mass is 821 g/mol. The molecule has 0 heterocycles. The van der Waals surface area contributed by atoms with E-state index in [1.807, 2.05) is 0 Å². The summed E-state index contributed by atoms with van der Waals surface area (Å²) in [5, 5.41) is 0. The van der Waals surface area contributed by atoms with Crippen molar-refractivity contribution in [2.75, 3.05) is 13.2 Å². The number of hydrogen-bond donors (Lipinski definition) is 0. The van der Waals surface area contributed by atoms with E-state index in [0.717, 1.165) is 69.6 Å². The van der Waals surface area contributed by atoms with Crippen molar-refractivity contribution in [1.29, 1.82) is 0 Å². The third-order valence-electron chi connectivity index (χ3n) is 12.1. The molecule has 6 nitrogen and oxygen atoms in total. The van der Waals surface area contributed by atoms with Gasteiger partial charge in [-0.3, -0.25) is 14.4 Å². The van der Waals surface area contributed by atoms with Crippen LogP contribution >= 0.6 is 0 Å². The van der Waals surface area contributed by atoms with Crippen molar-refractivity contribution in [3.8, 4) is 0 Å². The van der Waals surface area contributed by atoms with Crippen LogP contribution in [0.4, 0.5) is 0 Å². The third-order valence-corrected chi connectivity index (χ3v) is 12.1. The van der Waals surface area contributed by atoms with Gasteiger partial charge in [-0.15, -0.1) is 0 Å². The molecule has 0 saturated carbocycles. The smallest absolute Gasteiger partial charge is 0.306 e. The zero-order chi connectivity index (χ0) is 42.6. The van der Waals surface area contributed by atoms with E-state index in [-0.39, 0.29) is 31.1 Å². The Hall–Kier alpha value is -1.59. The van der Waals surface area contributed by atoms with Gasteiger partial charge in [0.2, 0.25) is 0 Å². The highest BCUT2D eigenvalue weighted by Gasteiger charge is 2.19. The van der Waals surface area contributed by atoms with Gasteiger partial charge < -0.3 is 14.2 Å². The summed E-state index contributed by atoms with van der Waals surface area (Å²) in [7, 11) is 0. The largest absolute Gasteiger partial charge is 0.462 e. The molecule has 0 bridgehead atoms. The molecule has 0 rings (SSSR count). The highest BCUT2D eigenvalue weighted by molar-refractivity contribution is 5.71. The van der Waals surface area contributed by atoms with Crippen LogP contribution in [0.5, 0.6) is 0 Å². The first-order valence-electron chi connectivity index (χ1n) is 25.8. The van der Waals surface area contributed by atoms with Crippen LogP contribution in [0.1, 0.15) is 285 Å². The fourth-order valence-electron chi connectivity index (χ4n) is 7.78. The van der Waals surface area contributed by atoms with Crippen molar-refractivity contribution < 1.29 is 28.6 Å².